The Balaban J connectivity index is 3.66. The molecule has 0 aliphatic heterocycles. The van der Waals surface area contributed by atoms with Crippen LogP contribution >= 0.6 is 7.60 Å². The van der Waals surface area contributed by atoms with Crippen LogP contribution in [0, 0.1) is 5.92 Å². The molecule has 0 saturated carbocycles. The summed E-state index contributed by atoms with van der Waals surface area (Å²) in [5, 5.41) is 0. The van der Waals surface area contributed by atoms with Crippen molar-refractivity contribution in [3.8, 4) is 0 Å². The average Bonchev–Trinajstić information content (AvgIpc) is 2.56. The Bertz CT molecular complexity index is 305. The molecule has 0 radical (unpaired) electrons. The first-order valence-electron chi connectivity index (χ1n) is 10.4. The molecule has 1 atom stereocenters. The van der Waals surface area contributed by atoms with Crippen molar-refractivity contribution in [1.82, 2.24) is 0 Å². The van der Waals surface area contributed by atoms with Crippen LogP contribution in [-0.4, -0.2) is 19.4 Å². The lowest BCUT2D eigenvalue weighted by Crippen LogP contribution is -2.06. The third kappa shape index (κ3) is 15.7. The van der Waals surface area contributed by atoms with Crippen molar-refractivity contribution < 1.29 is 13.6 Å². The second kappa shape index (κ2) is 16.6. The van der Waals surface area contributed by atoms with Gasteiger partial charge in [-0.1, -0.05) is 91.9 Å². The molecule has 0 spiro atoms. The minimum absolute atomic E-state index is 0.390. The summed E-state index contributed by atoms with van der Waals surface area (Å²) in [6, 6.07) is 0. The van der Waals surface area contributed by atoms with Crippen molar-refractivity contribution >= 4 is 7.60 Å². The van der Waals surface area contributed by atoms with Gasteiger partial charge in [0.25, 0.3) is 0 Å². The molecule has 0 rings (SSSR count). The van der Waals surface area contributed by atoms with Crippen LogP contribution in [0.25, 0.3) is 0 Å². The zero-order valence-corrected chi connectivity index (χ0v) is 17.8. The first-order chi connectivity index (χ1) is 11.5. The molecule has 146 valence electrons. The lowest BCUT2D eigenvalue weighted by Gasteiger charge is -2.19. The molecule has 0 heterocycles. The Morgan fingerprint density at radius 3 is 1.71 bits per heavy atom. The maximum absolute atomic E-state index is 12.7. The molecule has 0 N–H and O–H groups in total. The minimum atomic E-state index is -2.87. The number of unbranched alkanes of at least 4 members (excludes halogenated alkanes) is 10. The van der Waals surface area contributed by atoms with E-state index in [1.165, 1.54) is 57.8 Å². The molecule has 0 aromatic carbocycles. The average molecular weight is 363 g/mol. The molecule has 1 unspecified atom stereocenters. The van der Waals surface area contributed by atoms with Crippen molar-refractivity contribution in [3.05, 3.63) is 0 Å². The number of rotatable bonds is 18. The molecule has 0 fully saturated rings. The Morgan fingerprint density at radius 1 is 0.708 bits per heavy atom. The van der Waals surface area contributed by atoms with Crippen LogP contribution < -0.4 is 0 Å². The Morgan fingerprint density at radius 2 is 1.21 bits per heavy atom. The summed E-state index contributed by atoms with van der Waals surface area (Å²) < 4.78 is 24.0. The predicted octanol–water partition coefficient (Wildman–Crippen LogP) is 7.59. The van der Waals surface area contributed by atoms with Gasteiger partial charge in [-0.2, -0.15) is 0 Å². The Labute approximate surface area is 151 Å². The van der Waals surface area contributed by atoms with Gasteiger partial charge in [0, 0.05) is 0 Å². The van der Waals surface area contributed by atoms with Crippen LogP contribution in [0.1, 0.15) is 105 Å². The van der Waals surface area contributed by atoms with Gasteiger partial charge >= 0.3 is 7.60 Å². The molecule has 0 amide bonds. The molecular formula is C20H43O3P. The van der Waals surface area contributed by atoms with E-state index < -0.39 is 7.60 Å². The van der Waals surface area contributed by atoms with E-state index in [9.17, 15) is 4.57 Å². The first-order valence-corrected chi connectivity index (χ1v) is 12.1. The zero-order valence-electron chi connectivity index (χ0n) is 16.9. The van der Waals surface area contributed by atoms with Gasteiger partial charge in [0.15, 0.2) is 0 Å². The van der Waals surface area contributed by atoms with E-state index in [1.54, 1.807) is 0 Å². The van der Waals surface area contributed by atoms with Crippen LogP contribution in [0.2, 0.25) is 0 Å². The van der Waals surface area contributed by atoms with Gasteiger partial charge in [-0.15, -0.1) is 0 Å². The van der Waals surface area contributed by atoms with Crippen LogP contribution in [0.15, 0.2) is 0 Å². The molecule has 4 heteroatoms. The molecule has 0 saturated heterocycles. The summed E-state index contributed by atoms with van der Waals surface area (Å²) in [5.74, 6) is 0.390. The highest BCUT2D eigenvalue weighted by molar-refractivity contribution is 7.53. The van der Waals surface area contributed by atoms with Crippen molar-refractivity contribution in [1.29, 1.82) is 0 Å². The smallest absolute Gasteiger partial charge is 0.309 e. The zero-order chi connectivity index (χ0) is 18.1. The monoisotopic (exact) mass is 362 g/mol. The first kappa shape index (κ1) is 24.1. The molecule has 0 aromatic heterocycles. The maximum atomic E-state index is 12.7. The minimum Gasteiger partial charge on any atom is -0.309 e. The Hall–Kier alpha value is 0.150. The summed E-state index contributed by atoms with van der Waals surface area (Å²) in [6.07, 6.45) is 15.5. The molecule has 24 heavy (non-hydrogen) atoms. The summed E-state index contributed by atoms with van der Waals surface area (Å²) in [6.45, 7) is 9.62. The highest BCUT2D eigenvalue weighted by Crippen LogP contribution is 2.49. The van der Waals surface area contributed by atoms with Crippen molar-refractivity contribution in [2.75, 3.05) is 19.4 Å². The third-order valence-electron chi connectivity index (χ3n) is 4.18. The fraction of sp³-hybridized carbons (Fsp3) is 1.00. The second-order valence-electron chi connectivity index (χ2n) is 7.39. The molecule has 3 nitrogen and oxygen atoms in total. The van der Waals surface area contributed by atoms with Gasteiger partial charge in [-0.25, -0.2) is 0 Å². The number of hydrogen-bond acceptors (Lipinski definition) is 3. The largest absolute Gasteiger partial charge is 0.330 e. The normalized spacial score (nSPS) is 14.2. The molecule has 0 aliphatic rings. The lowest BCUT2D eigenvalue weighted by atomic mass is 10.1. The molecule has 0 aromatic rings. The maximum Gasteiger partial charge on any atom is 0.330 e. The molecule has 0 aliphatic carbocycles. The van der Waals surface area contributed by atoms with Crippen molar-refractivity contribution in [2.24, 2.45) is 5.92 Å². The highest BCUT2D eigenvalue weighted by atomic mass is 31.2. The van der Waals surface area contributed by atoms with E-state index in [2.05, 4.69) is 27.7 Å². The van der Waals surface area contributed by atoms with Crippen LogP contribution in [0.3, 0.4) is 0 Å². The van der Waals surface area contributed by atoms with E-state index in [0.717, 1.165) is 19.3 Å². The summed E-state index contributed by atoms with van der Waals surface area (Å²) in [5.41, 5.74) is 0. The van der Waals surface area contributed by atoms with Gasteiger partial charge < -0.3 is 9.05 Å². The second-order valence-corrected chi connectivity index (χ2v) is 9.58. The van der Waals surface area contributed by atoms with E-state index >= 15 is 0 Å². The van der Waals surface area contributed by atoms with Gasteiger partial charge in [0.1, 0.15) is 0 Å². The standard InChI is InChI=1S/C20H43O3P/c1-5-7-9-10-11-12-13-14-15-16-17-22-24(21,18-8-6-2)23-19-20(3)4/h20H,5-19H2,1-4H3. The van der Waals surface area contributed by atoms with Crippen LogP contribution in [0.5, 0.6) is 0 Å². The van der Waals surface area contributed by atoms with Crippen molar-refractivity contribution in [2.45, 2.75) is 105 Å². The molecular weight excluding hydrogens is 319 g/mol. The van der Waals surface area contributed by atoms with E-state index in [4.69, 9.17) is 9.05 Å². The summed E-state index contributed by atoms with van der Waals surface area (Å²) in [7, 11) is -2.87. The van der Waals surface area contributed by atoms with E-state index in [0.29, 0.717) is 25.3 Å². The lowest BCUT2D eigenvalue weighted by molar-refractivity contribution is 0.184. The number of hydrogen-bond donors (Lipinski definition) is 0. The summed E-state index contributed by atoms with van der Waals surface area (Å²) in [4.78, 5) is 0. The fourth-order valence-corrected chi connectivity index (χ4v) is 4.54. The van der Waals surface area contributed by atoms with Gasteiger partial charge in [-0.05, 0) is 18.8 Å². The van der Waals surface area contributed by atoms with Crippen LogP contribution in [-0.2, 0) is 13.6 Å². The fourth-order valence-electron chi connectivity index (χ4n) is 2.57. The molecule has 0 bridgehead atoms. The highest BCUT2D eigenvalue weighted by Gasteiger charge is 2.23. The van der Waals surface area contributed by atoms with E-state index in [1.807, 2.05) is 0 Å². The van der Waals surface area contributed by atoms with Gasteiger partial charge in [-0.3, -0.25) is 4.57 Å². The summed E-state index contributed by atoms with van der Waals surface area (Å²) >= 11 is 0. The van der Waals surface area contributed by atoms with Crippen molar-refractivity contribution in [3.63, 3.8) is 0 Å². The predicted molar refractivity (Wildman–Crippen MR) is 106 cm³/mol. The third-order valence-corrected chi connectivity index (χ3v) is 6.16. The van der Waals surface area contributed by atoms with Gasteiger partial charge in [0.05, 0.1) is 19.4 Å². The SMILES string of the molecule is CCCCCCCCCCCCOP(=O)(CCCC)OCC(C)C. The van der Waals surface area contributed by atoms with E-state index in [-0.39, 0.29) is 0 Å². The quantitative estimate of drug-likeness (QED) is 0.186. The topological polar surface area (TPSA) is 35.5 Å². The van der Waals surface area contributed by atoms with Crippen LogP contribution in [0.4, 0.5) is 0 Å². The Kier molecular flexibility index (Phi) is 16.7. The van der Waals surface area contributed by atoms with Gasteiger partial charge in [0.2, 0.25) is 0 Å².